The maximum Gasteiger partial charge on any atom is 0.409 e. The average molecular weight is 419 g/mol. The largest absolute Gasteiger partial charge is 0.412 e. The molecule has 1 rings (SSSR count). The molecule has 1 aromatic rings. The molecule has 0 fully saturated rings. The van der Waals surface area contributed by atoms with E-state index in [9.17, 15) is 4.79 Å². The van der Waals surface area contributed by atoms with Crippen LogP contribution in [-0.2, 0) is 15.3 Å². The van der Waals surface area contributed by atoms with Gasteiger partial charge in [-0.15, -0.1) is 0 Å². The number of nitrogens with one attached hydrogen (secondary N) is 1. The summed E-state index contributed by atoms with van der Waals surface area (Å²) in [5.74, 6) is -1.02. The topological polar surface area (TPSA) is 47.6 Å². The van der Waals surface area contributed by atoms with Crippen LogP contribution in [0.2, 0.25) is 0 Å². The van der Waals surface area contributed by atoms with Gasteiger partial charge in [0.15, 0.2) is 0 Å². The third-order valence-electron chi connectivity index (χ3n) is 3.50. The number of carbonyl (C=O) groups is 1. The Bertz CT molecular complexity index is 467. The molecule has 124 valence electrons. The van der Waals surface area contributed by atoms with Crippen molar-refractivity contribution in [1.82, 2.24) is 5.32 Å². The van der Waals surface area contributed by atoms with Crippen molar-refractivity contribution >= 4 is 28.7 Å². The molecule has 1 N–H and O–H groups in total. The molecule has 0 radical (unpaired) electrons. The maximum absolute atomic E-state index is 12.1. The Balaban J connectivity index is 3.01. The summed E-state index contributed by atoms with van der Waals surface area (Å²) < 4.78 is 12.5. The second-order valence-electron chi connectivity index (χ2n) is 5.21. The molecule has 0 aliphatic carbocycles. The Morgan fingerprint density at radius 2 is 1.95 bits per heavy atom. The van der Waals surface area contributed by atoms with Crippen molar-refractivity contribution in [3.05, 3.63) is 33.4 Å². The summed E-state index contributed by atoms with van der Waals surface area (Å²) in [5, 5.41) is 2.76. The fraction of sp³-hybridized carbons (Fsp3) is 0.588. The molecule has 0 heterocycles. The number of hydrogen-bond donors (Lipinski definition) is 1. The van der Waals surface area contributed by atoms with Gasteiger partial charge in [-0.25, -0.2) is 4.79 Å². The van der Waals surface area contributed by atoms with Crippen molar-refractivity contribution in [3.8, 4) is 0 Å². The first-order chi connectivity index (χ1) is 10.6. The molecule has 0 aliphatic heterocycles. The summed E-state index contributed by atoms with van der Waals surface area (Å²) in [6.45, 7) is 4.75. The number of unbranched alkanes of at least 4 members (excludes halogenated alkanes) is 2. The van der Waals surface area contributed by atoms with E-state index in [4.69, 9.17) is 9.47 Å². The zero-order valence-corrected chi connectivity index (χ0v) is 15.8. The maximum atomic E-state index is 12.1. The van der Waals surface area contributed by atoms with Gasteiger partial charge in [-0.3, -0.25) is 0 Å². The van der Waals surface area contributed by atoms with Gasteiger partial charge in [-0.1, -0.05) is 44.9 Å². The molecule has 22 heavy (non-hydrogen) atoms. The molecule has 0 saturated carbocycles. The van der Waals surface area contributed by atoms with E-state index < -0.39 is 11.9 Å². The first-order valence-corrected chi connectivity index (χ1v) is 8.94. The van der Waals surface area contributed by atoms with E-state index in [2.05, 4.69) is 34.8 Å². The molecule has 1 amide bonds. The molecule has 0 aliphatic rings. The summed E-state index contributed by atoms with van der Waals surface area (Å²) in [7, 11) is 1.60. The van der Waals surface area contributed by atoms with Crippen LogP contribution in [0.4, 0.5) is 4.79 Å². The Morgan fingerprint density at radius 1 is 1.23 bits per heavy atom. The molecule has 1 aromatic carbocycles. The summed E-state index contributed by atoms with van der Waals surface area (Å²) in [6, 6.07) is 7.87. The van der Waals surface area contributed by atoms with Crippen molar-refractivity contribution in [2.75, 3.05) is 13.7 Å². The third-order valence-corrected chi connectivity index (χ3v) is 4.44. The highest BCUT2D eigenvalue weighted by Gasteiger charge is 2.37. The molecule has 0 unspecified atom stereocenters. The van der Waals surface area contributed by atoms with Crippen LogP contribution in [0, 0.1) is 3.57 Å². The van der Waals surface area contributed by atoms with Gasteiger partial charge in [0.05, 0.1) is 0 Å². The first kappa shape index (κ1) is 19.2. The number of halogens is 1. The number of hydrogen-bond acceptors (Lipinski definition) is 3. The Morgan fingerprint density at radius 3 is 2.55 bits per heavy atom. The predicted octanol–water partition coefficient (Wildman–Crippen LogP) is 4.81. The van der Waals surface area contributed by atoms with Gasteiger partial charge in [-0.05, 0) is 41.5 Å². The number of ether oxygens (including phenoxy) is 2. The van der Waals surface area contributed by atoms with Crippen molar-refractivity contribution in [2.24, 2.45) is 0 Å². The Hall–Kier alpha value is -0.820. The highest BCUT2D eigenvalue weighted by atomic mass is 127. The number of carbonyl (C=O) groups excluding carboxylic acids is 1. The zero-order chi connectivity index (χ0) is 16.4. The van der Waals surface area contributed by atoms with Gasteiger partial charge in [0.2, 0.25) is 5.79 Å². The molecule has 0 bridgehead atoms. The fourth-order valence-electron chi connectivity index (χ4n) is 2.29. The highest BCUT2D eigenvalue weighted by Crippen LogP contribution is 2.35. The molecule has 5 heteroatoms. The molecular weight excluding hydrogens is 393 g/mol. The molecule has 4 nitrogen and oxygen atoms in total. The predicted molar refractivity (Wildman–Crippen MR) is 96.8 cm³/mol. The first-order valence-electron chi connectivity index (χ1n) is 7.86. The van der Waals surface area contributed by atoms with Crippen molar-refractivity contribution in [2.45, 2.75) is 51.7 Å². The second-order valence-corrected chi connectivity index (χ2v) is 6.37. The number of alkyl carbamates (subject to hydrolysis) is 1. The molecule has 0 saturated heterocycles. The third kappa shape index (κ3) is 5.43. The van der Waals surface area contributed by atoms with E-state index in [1.54, 1.807) is 7.11 Å². The minimum Gasteiger partial charge on any atom is -0.412 e. The van der Waals surface area contributed by atoms with Gasteiger partial charge < -0.3 is 14.8 Å². The Labute approximate surface area is 147 Å². The molecule has 1 atom stereocenters. The van der Waals surface area contributed by atoms with Crippen LogP contribution in [0.1, 0.15) is 51.5 Å². The smallest absolute Gasteiger partial charge is 0.409 e. The lowest BCUT2D eigenvalue weighted by atomic mass is 9.99. The van der Waals surface area contributed by atoms with E-state index in [1.807, 2.05) is 31.2 Å². The monoisotopic (exact) mass is 419 g/mol. The lowest BCUT2D eigenvalue weighted by Gasteiger charge is -2.33. The van der Waals surface area contributed by atoms with Crippen LogP contribution in [0.5, 0.6) is 0 Å². The van der Waals surface area contributed by atoms with Crippen LogP contribution < -0.4 is 5.32 Å². The summed E-state index contributed by atoms with van der Waals surface area (Å²) in [5.41, 5.74) is 0.904. The SMILES string of the molecule is CCCCC[C@](OC)(OC(=O)NCCC)c1ccccc1I. The van der Waals surface area contributed by atoms with Gasteiger partial charge in [0.25, 0.3) is 0 Å². The summed E-state index contributed by atoms with van der Waals surface area (Å²) in [4.78, 5) is 12.1. The minimum absolute atomic E-state index is 0.431. The van der Waals surface area contributed by atoms with E-state index in [-0.39, 0.29) is 0 Å². The van der Waals surface area contributed by atoms with Crippen molar-refractivity contribution < 1.29 is 14.3 Å². The van der Waals surface area contributed by atoms with Crippen LogP contribution >= 0.6 is 22.6 Å². The quantitative estimate of drug-likeness (QED) is 0.355. The summed E-state index contributed by atoms with van der Waals surface area (Å²) in [6.07, 6.45) is 4.21. The van der Waals surface area contributed by atoms with Crippen LogP contribution in [0.3, 0.4) is 0 Å². The minimum atomic E-state index is -1.02. The van der Waals surface area contributed by atoms with Gasteiger partial charge in [0.1, 0.15) is 0 Å². The van der Waals surface area contributed by atoms with E-state index >= 15 is 0 Å². The lowest BCUT2D eigenvalue weighted by Crippen LogP contribution is -2.39. The van der Waals surface area contributed by atoms with E-state index in [0.717, 1.165) is 34.8 Å². The van der Waals surface area contributed by atoms with E-state index in [1.165, 1.54) is 0 Å². The number of benzene rings is 1. The van der Waals surface area contributed by atoms with Crippen molar-refractivity contribution in [1.29, 1.82) is 0 Å². The van der Waals surface area contributed by atoms with E-state index in [0.29, 0.717) is 13.0 Å². The van der Waals surface area contributed by atoms with Gasteiger partial charge in [0, 0.05) is 29.2 Å². The molecule has 0 aromatic heterocycles. The van der Waals surface area contributed by atoms with Crippen LogP contribution in [0.15, 0.2) is 24.3 Å². The van der Waals surface area contributed by atoms with Crippen LogP contribution in [-0.4, -0.2) is 19.7 Å². The lowest BCUT2D eigenvalue weighted by molar-refractivity contribution is -0.199. The number of rotatable bonds is 9. The standard InChI is InChI=1S/C17H26INO3/c1-4-6-9-12-17(21-3,22-16(20)19-13-5-2)14-10-7-8-11-15(14)18/h7-8,10-11H,4-6,9,12-13H2,1-3H3,(H,19,20)/t17-/m0/s1. The van der Waals surface area contributed by atoms with Crippen LogP contribution in [0.25, 0.3) is 0 Å². The number of amides is 1. The summed E-state index contributed by atoms with van der Waals surface area (Å²) >= 11 is 2.25. The molecule has 0 spiro atoms. The zero-order valence-electron chi connectivity index (χ0n) is 13.7. The van der Waals surface area contributed by atoms with Crippen molar-refractivity contribution in [3.63, 3.8) is 0 Å². The fourth-order valence-corrected chi connectivity index (χ4v) is 3.08. The number of methoxy groups -OCH3 is 1. The Kier molecular flexibility index (Phi) is 8.78. The second kappa shape index (κ2) is 10.0. The molecular formula is C17H26INO3. The average Bonchev–Trinajstić information content (AvgIpc) is 2.52. The van der Waals surface area contributed by atoms with Gasteiger partial charge in [-0.2, -0.15) is 0 Å². The highest BCUT2D eigenvalue weighted by molar-refractivity contribution is 14.1. The van der Waals surface area contributed by atoms with Gasteiger partial charge >= 0.3 is 6.09 Å². The normalized spacial score (nSPS) is 13.5.